The molecule has 3 heterocycles. The summed E-state index contributed by atoms with van der Waals surface area (Å²) in [5.74, 6) is -0.321. The molecule has 0 bridgehead atoms. The number of H-pyrrole nitrogens is 1. The third kappa shape index (κ3) is 2.46. The van der Waals surface area contributed by atoms with Gasteiger partial charge >= 0.3 is 5.69 Å². The number of hydrogen-bond donors (Lipinski definition) is 4. The van der Waals surface area contributed by atoms with Crippen LogP contribution in [-0.4, -0.2) is 34.4 Å². The first-order chi connectivity index (χ1) is 11.0. The van der Waals surface area contributed by atoms with Crippen LogP contribution in [0.3, 0.4) is 0 Å². The summed E-state index contributed by atoms with van der Waals surface area (Å²) >= 11 is 1.19. The number of nitrogens with one attached hydrogen (secondary N) is 4. The number of thiophene rings is 1. The number of aryl methyl sites for hydroxylation is 1. The van der Waals surface area contributed by atoms with Gasteiger partial charge in [-0.05, 0) is 13.3 Å². The molecule has 1 aliphatic rings. The first kappa shape index (κ1) is 15.2. The van der Waals surface area contributed by atoms with Gasteiger partial charge in [-0.3, -0.25) is 20.0 Å². The van der Waals surface area contributed by atoms with Gasteiger partial charge in [0, 0.05) is 18.3 Å². The summed E-state index contributed by atoms with van der Waals surface area (Å²) in [6, 6.07) is -0.776. The summed E-state index contributed by atoms with van der Waals surface area (Å²) in [6.45, 7) is 2.18. The Balaban J connectivity index is 2.18. The zero-order valence-electron chi connectivity index (χ0n) is 12.2. The predicted molar refractivity (Wildman–Crippen MR) is 89.0 cm³/mol. The number of hydrogen-bond acceptors (Lipinski definition) is 7. The van der Waals surface area contributed by atoms with Gasteiger partial charge in [0.25, 0.3) is 5.56 Å². The highest BCUT2D eigenvalue weighted by molar-refractivity contribution is 7.22. The van der Waals surface area contributed by atoms with Crippen molar-refractivity contribution in [2.45, 2.75) is 19.4 Å². The maximum absolute atomic E-state index is 12.7. The van der Waals surface area contributed by atoms with Gasteiger partial charge in [-0.2, -0.15) is 5.10 Å². The standard InChI is InChI=1S/C13H14N6O3S/c1-6-8-11(23-10(6)18-16-5-3-14)17-13(22)19(12(8)21)7-2-4-15-9(7)20/h3,5,7,14,18H,2,4H2,1H3,(H,15,20)(H,17,22)/b14-3?,16-5-. The molecule has 1 aliphatic heterocycles. The van der Waals surface area contributed by atoms with Crippen molar-refractivity contribution < 1.29 is 4.79 Å². The molecule has 1 atom stereocenters. The number of carbonyl (C=O) groups excluding carboxylic acids is 1. The number of hydrazone groups is 1. The molecule has 0 aliphatic carbocycles. The van der Waals surface area contributed by atoms with E-state index >= 15 is 0 Å². The highest BCUT2D eigenvalue weighted by Crippen LogP contribution is 2.31. The van der Waals surface area contributed by atoms with E-state index in [9.17, 15) is 14.4 Å². The molecule has 1 amide bonds. The van der Waals surface area contributed by atoms with E-state index in [1.165, 1.54) is 17.6 Å². The first-order valence-corrected chi connectivity index (χ1v) is 7.70. The maximum Gasteiger partial charge on any atom is 0.330 e. The zero-order chi connectivity index (χ0) is 16.6. The van der Waals surface area contributed by atoms with Gasteiger partial charge in [-0.25, -0.2) is 9.36 Å². The van der Waals surface area contributed by atoms with Crippen LogP contribution in [0.5, 0.6) is 0 Å². The molecule has 0 saturated carbocycles. The van der Waals surface area contributed by atoms with Gasteiger partial charge in [0.1, 0.15) is 15.9 Å². The molecule has 0 spiro atoms. The topological polar surface area (TPSA) is 132 Å². The smallest absolute Gasteiger partial charge is 0.330 e. The molecule has 23 heavy (non-hydrogen) atoms. The largest absolute Gasteiger partial charge is 0.354 e. The van der Waals surface area contributed by atoms with Crippen molar-refractivity contribution in [3.63, 3.8) is 0 Å². The second-order valence-corrected chi connectivity index (χ2v) is 6.04. The van der Waals surface area contributed by atoms with Crippen LogP contribution < -0.4 is 22.0 Å². The van der Waals surface area contributed by atoms with Gasteiger partial charge in [0.2, 0.25) is 5.91 Å². The molecular formula is C13H14N6O3S. The summed E-state index contributed by atoms with van der Waals surface area (Å²) in [5.41, 5.74) is 2.29. The van der Waals surface area contributed by atoms with Crippen LogP contribution in [0.15, 0.2) is 14.7 Å². The quantitative estimate of drug-likeness (QED) is 0.468. The molecule has 4 N–H and O–H groups in total. The van der Waals surface area contributed by atoms with E-state index in [0.29, 0.717) is 33.7 Å². The van der Waals surface area contributed by atoms with Gasteiger partial charge < -0.3 is 10.7 Å². The van der Waals surface area contributed by atoms with Crippen LogP contribution in [0.4, 0.5) is 5.00 Å². The fraction of sp³-hybridized carbons (Fsp3) is 0.308. The summed E-state index contributed by atoms with van der Waals surface area (Å²) in [5, 5.41) is 14.3. The van der Waals surface area contributed by atoms with E-state index in [1.807, 2.05) is 0 Å². The molecule has 1 unspecified atom stereocenters. The fourth-order valence-corrected chi connectivity index (χ4v) is 3.62. The Labute approximate surface area is 133 Å². The molecule has 120 valence electrons. The van der Waals surface area contributed by atoms with Crippen LogP contribution in [-0.2, 0) is 4.79 Å². The van der Waals surface area contributed by atoms with E-state index in [1.54, 1.807) is 6.92 Å². The van der Waals surface area contributed by atoms with E-state index < -0.39 is 17.3 Å². The van der Waals surface area contributed by atoms with Crippen LogP contribution in [0, 0.1) is 12.3 Å². The number of fused-ring (bicyclic) bond motifs is 1. The third-order valence-electron chi connectivity index (χ3n) is 3.67. The molecule has 1 fully saturated rings. The van der Waals surface area contributed by atoms with Crippen molar-refractivity contribution >= 4 is 44.9 Å². The highest BCUT2D eigenvalue weighted by atomic mass is 32.1. The Kier molecular flexibility index (Phi) is 3.82. The summed E-state index contributed by atoms with van der Waals surface area (Å²) < 4.78 is 0.981. The molecular weight excluding hydrogens is 320 g/mol. The van der Waals surface area contributed by atoms with Gasteiger partial charge in [-0.1, -0.05) is 11.3 Å². The average molecular weight is 334 g/mol. The lowest BCUT2D eigenvalue weighted by molar-refractivity contribution is -0.122. The summed E-state index contributed by atoms with van der Waals surface area (Å²) in [6.07, 6.45) is 2.68. The van der Waals surface area contributed by atoms with Gasteiger partial charge in [0.05, 0.1) is 11.6 Å². The lowest BCUT2D eigenvalue weighted by atomic mass is 10.2. The minimum Gasteiger partial charge on any atom is -0.354 e. The average Bonchev–Trinajstić information content (AvgIpc) is 3.04. The van der Waals surface area contributed by atoms with Crippen LogP contribution >= 0.6 is 11.3 Å². The summed E-state index contributed by atoms with van der Waals surface area (Å²) in [7, 11) is 0. The van der Waals surface area contributed by atoms with E-state index in [4.69, 9.17) is 5.41 Å². The molecule has 9 nitrogen and oxygen atoms in total. The molecule has 10 heteroatoms. The van der Waals surface area contributed by atoms with Crippen molar-refractivity contribution in [3.8, 4) is 0 Å². The Morgan fingerprint density at radius 3 is 2.87 bits per heavy atom. The van der Waals surface area contributed by atoms with Crippen molar-refractivity contribution in [3.05, 3.63) is 26.4 Å². The summed E-state index contributed by atoms with van der Waals surface area (Å²) in [4.78, 5) is 39.8. The minimum atomic E-state index is -0.776. The van der Waals surface area contributed by atoms with Crippen molar-refractivity contribution in [2.75, 3.05) is 12.0 Å². The second kappa shape index (κ2) is 5.80. The fourth-order valence-electron chi connectivity index (χ4n) is 2.58. The molecule has 0 aromatic carbocycles. The molecule has 2 aromatic rings. The Bertz CT molecular complexity index is 938. The van der Waals surface area contributed by atoms with Gasteiger partial charge in [-0.15, -0.1) is 0 Å². The number of aromatic nitrogens is 2. The van der Waals surface area contributed by atoms with Crippen LogP contribution in [0.1, 0.15) is 18.0 Å². The lowest BCUT2D eigenvalue weighted by Crippen LogP contribution is -2.40. The molecule has 3 rings (SSSR count). The van der Waals surface area contributed by atoms with Crippen LogP contribution in [0.2, 0.25) is 0 Å². The molecule has 1 saturated heterocycles. The number of anilines is 1. The minimum absolute atomic E-state index is 0.321. The van der Waals surface area contributed by atoms with Crippen LogP contribution in [0.25, 0.3) is 10.2 Å². The lowest BCUT2D eigenvalue weighted by Gasteiger charge is -2.09. The van der Waals surface area contributed by atoms with E-state index in [0.717, 1.165) is 10.8 Å². The number of nitrogens with zero attached hydrogens (tertiary/aromatic N) is 2. The van der Waals surface area contributed by atoms with Crippen molar-refractivity contribution in [2.24, 2.45) is 5.10 Å². The number of amides is 1. The zero-order valence-corrected chi connectivity index (χ0v) is 13.0. The predicted octanol–water partition coefficient (Wildman–Crippen LogP) is 0.168. The Morgan fingerprint density at radius 1 is 1.43 bits per heavy atom. The SMILES string of the molecule is Cc1c(N/N=C\C=N)sc2[nH]c(=O)n(C3CCNC3=O)c(=O)c12. The molecule has 2 aromatic heterocycles. The highest BCUT2D eigenvalue weighted by Gasteiger charge is 2.29. The van der Waals surface area contributed by atoms with Crippen molar-refractivity contribution in [1.82, 2.24) is 14.9 Å². The van der Waals surface area contributed by atoms with E-state index in [2.05, 4.69) is 20.8 Å². The number of rotatable bonds is 4. The molecule has 0 radical (unpaired) electrons. The van der Waals surface area contributed by atoms with Crippen molar-refractivity contribution in [1.29, 1.82) is 5.41 Å². The van der Waals surface area contributed by atoms with E-state index in [-0.39, 0.29) is 5.91 Å². The number of aromatic amines is 1. The third-order valence-corrected chi connectivity index (χ3v) is 4.78. The monoisotopic (exact) mass is 334 g/mol. The first-order valence-electron chi connectivity index (χ1n) is 6.88. The maximum atomic E-state index is 12.7. The second-order valence-electron chi connectivity index (χ2n) is 5.02. The number of carbonyl (C=O) groups is 1. The normalized spacial score (nSPS) is 17.8. The Hall–Kier alpha value is -2.75. The Morgan fingerprint density at radius 2 is 2.22 bits per heavy atom. The van der Waals surface area contributed by atoms with Gasteiger partial charge in [0.15, 0.2) is 0 Å².